The molecule has 1 fully saturated rings. The Morgan fingerprint density at radius 3 is 2.71 bits per heavy atom. The Balaban J connectivity index is 1.87. The normalized spacial score (nSPS) is 16.1. The van der Waals surface area contributed by atoms with Gasteiger partial charge in [-0.05, 0) is 38.5 Å². The Bertz CT molecular complexity index is 172. The van der Waals surface area contributed by atoms with Gasteiger partial charge in [0.15, 0.2) is 0 Å². The molecule has 0 bridgehead atoms. The van der Waals surface area contributed by atoms with Gasteiger partial charge in [-0.1, -0.05) is 15.9 Å². The molecule has 1 aliphatic rings. The van der Waals surface area contributed by atoms with E-state index in [1.807, 2.05) is 0 Å². The first kappa shape index (κ1) is 11.8. The zero-order valence-corrected chi connectivity index (χ0v) is 10.0. The Morgan fingerprint density at radius 1 is 1.36 bits per heavy atom. The van der Waals surface area contributed by atoms with Crippen LogP contribution >= 0.6 is 15.9 Å². The number of nitrogens with one attached hydrogen (secondary N) is 1. The van der Waals surface area contributed by atoms with E-state index in [0.29, 0.717) is 12.6 Å². The largest absolute Gasteiger partial charge is 0.450 e. The smallest absolute Gasteiger partial charge is 0.407 e. The molecule has 4 heteroatoms. The number of amides is 1. The topological polar surface area (TPSA) is 38.3 Å². The first-order valence-electron chi connectivity index (χ1n) is 5.32. The van der Waals surface area contributed by atoms with E-state index in [0.717, 1.165) is 37.4 Å². The van der Waals surface area contributed by atoms with Crippen LogP contribution < -0.4 is 5.32 Å². The molecule has 82 valence electrons. The maximum Gasteiger partial charge on any atom is 0.407 e. The first-order chi connectivity index (χ1) is 6.83. The van der Waals surface area contributed by atoms with Crippen LogP contribution in [0.15, 0.2) is 0 Å². The Hall–Kier alpha value is -0.250. The van der Waals surface area contributed by atoms with Gasteiger partial charge in [-0.15, -0.1) is 0 Å². The predicted molar refractivity (Wildman–Crippen MR) is 59.8 cm³/mol. The third-order valence-electron chi connectivity index (χ3n) is 2.44. The monoisotopic (exact) mass is 263 g/mol. The molecule has 0 aromatic carbocycles. The highest BCUT2D eigenvalue weighted by Crippen LogP contribution is 2.17. The molecule has 1 saturated carbocycles. The molecular formula is C10H18BrNO2. The van der Waals surface area contributed by atoms with Crippen molar-refractivity contribution in [1.29, 1.82) is 0 Å². The molecule has 1 N–H and O–H groups in total. The summed E-state index contributed by atoms with van der Waals surface area (Å²) in [7, 11) is 0. The van der Waals surface area contributed by atoms with E-state index < -0.39 is 0 Å². The van der Waals surface area contributed by atoms with Crippen LogP contribution in [0, 0.1) is 0 Å². The Labute approximate surface area is 93.7 Å². The van der Waals surface area contributed by atoms with Gasteiger partial charge < -0.3 is 10.1 Å². The molecule has 0 heterocycles. The Morgan fingerprint density at radius 2 is 2.14 bits per heavy atom. The summed E-state index contributed by atoms with van der Waals surface area (Å²) in [6.07, 6.45) is 6.43. The summed E-state index contributed by atoms with van der Waals surface area (Å²) >= 11 is 3.36. The summed E-state index contributed by atoms with van der Waals surface area (Å²) < 4.78 is 5.03. The minimum atomic E-state index is -0.242. The fourth-order valence-electron chi connectivity index (χ4n) is 1.30. The van der Waals surface area contributed by atoms with Crippen LogP contribution in [0.3, 0.4) is 0 Å². The quantitative estimate of drug-likeness (QED) is 0.591. The fraction of sp³-hybridized carbons (Fsp3) is 0.900. The Kier molecular flexibility index (Phi) is 5.99. The SMILES string of the molecule is O=C(NC1CCC1)OCCCCCBr. The van der Waals surface area contributed by atoms with Crippen LogP contribution in [0.2, 0.25) is 0 Å². The third kappa shape index (κ3) is 4.84. The second kappa shape index (κ2) is 7.10. The molecular weight excluding hydrogens is 246 g/mol. The van der Waals surface area contributed by atoms with Gasteiger partial charge in [0.2, 0.25) is 0 Å². The van der Waals surface area contributed by atoms with Crippen molar-refractivity contribution in [3.05, 3.63) is 0 Å². The number of ether oxygens (including phenoxy) is 1. The summed E-state index contributed by atoms with van der Waals surface area (Å²) in [6.45, 7) is 0.547. The fourth-order valence-corrected chi connectivity index (χ4v) is 1.70. The molecule has 3 nitrogen and oxygen atoms in total. The van der Waals surface area contributed by atoms with Crippen molar-refractivity contribution in [2.45, 2.75) is 44.6 Å². The van der Waals surface area contributed by atoms with Crippen molar-refractivity contribution in [2.75, 3.05) is 11.9 Å². The molecule has 1 rings (SSSR count). The molecule has 0 spiro atoms. The van der Waals surface area contributed by atoms with Gasteiger partial charge in [-0.25, -0.2) is 4.79 Å². The average Bonchev–Trinajstić information content (AvgIpc) is 2.11. The first-order valence-corrected chi connectivity index (χ1v) is 6.44. The van der Waals surface area contributed by atoms with Crippen molar-refractivity contribution in [3.8, 4) is 0 Å². The van der Waals surface area contributed by atoms with Crippen LogP contribution in [-0.4, -0.2) is 24.1 Å². The van der Waals surface area contributed by atoms with E-state index in [4.69, 9.17) is 4.74 Å². The molecule has 1 amide bonds. The standard InChI is InChI=1S/C10H18BrNO2/c11-7-2-1-3-8-14-10(13)12-9-5-4-6-9/h9H,1-8H2,(H,12,13). The number of carbonyl (C=O) groups excluding carboxylic acids is 1. The second-order valence-electron chi connectivity index (χ2n) is 3.66. The van der Waals surface area contributed by atoms with Gasteiger partial charge in [0.25, 0.3) is 0 Å². The number of hydrogen-bond donors (Lipinski definition) is 1. The van der Waals surface area contributed by atoms with Crippen molar-refractivity contribution in [1.82, 2.24) is 5.32 Å². The van der Waals surface area contributed by atoms with Crippen LogP contribution in [0.25, 0.3) is 0 Å². The van der Waals surface area contributed by atoms with Crippen LogP contribution in [0.1, 0.15) is 38.5 Å². The summed E-state index contributed by atoms with van der Waals surface area (Å²) in [4.78, 5) is 11.1. The lowest BCUT2D eigenvalue weighted by Crippen LogP contribution is -2.39. The molecule has 0 aliphatic heterocycles. The minimum absolute atomic E-state index is 0.242. The molecule has 0 saturated heterocycles. The predicted octanol–water partition coefficient (Wildman–Crippen LogP) is 2.83. The number of rotatable bonds is 6. The molecule has 1 aliphatic carbocycles. The molecule has 0 aromatic heterocycles. The molecule has 0 aromatic rings. The van der Waals surface area contributed by atoms with E-state index in [2.05, 4.69) is 21.2 Å². The van der Waals surface area contributed by atoms with E-state index in [9.17, 15) is 4.79 Å². The maximum absolute atomic E-state index is 11.1. The molecule has 0 unspecified atom stereocenters. The highest BCUT2D eigenvalue weighted by Gasteiger charge is 2.19. The van der Waals surface area contributed by atoms with Gasteiger partial charge in [-0.3, -0.25) is 0 Å². The maximum atomic E-state index is 11.1. The van der Waals surface area contributed by atoms with E-state index >= 15 is 0 Å². The number of halogens is 1. The van der Waals surface area contributed by atoms with Gasteiger partial charge in [0, 0.05) is 11.4 Å². The number of alkyl halides is 1. The number of unbranched alkanes of at least 4 members (excludes halogenated alkanes) is 2. The highest BCUT2D eigenvalue weighted by atomic mass is 79.9. The molecule has 14 heavy (non-hydrogen) atoms. The average molecular weight is 264 g/mol. The highest BCUT2D eigenvalue weighted by molar-refractivity contribution is 9.09. The minimum Gasteiger partial charge on any atom is -0.450 e. The second-order valence-corrected chi connectivity index (χ2v) is 4.45. The number of carbonyl (C=O) groups is 1. The van der Waals surface area contributed by atoms with Gasteiger partial charge in [0.05, 0.1) is 6.61 Å². The van der Waals surface area contributed by atoms with Crippen LogP contribution in [-0.2, 0) is 4.74 Å². The summed E-state index contributed by atoms with van der Waals surface area (Å²) in [5, 5.41) is 3.87. The van der Waals surface area contributed by atoms with Gasteiger partial charge in [-0.2, -0.15) is 0 Å². The lowest BCUT2D eigenvalue weighted by atomic mass is 9.93. The molecule has 0 atom stereocenters. The zero-order valence-electron chi connectivity index (χ0n) is 8.43. The van der Waals surface area contributed by atoms with Gasteiger partial charge in [0.1, 0.15) is 0 Å². The van der Waals surface area contributed by atoms with Crippen molar-refractivity contribution >= 4 is 22.0 Å². The van der Waals surface area contributed by atoms with Crippen molar-refractivity contribution in [3.63, 3.8) is 0 Å². The van der Waals surface area contributed by atoms with Crippen molar-refractivity contribution in [2.24, 2.45) is 0 Å². The lowest BCUT2D eigenvalue weighted by molar-refractivity contribution is 0.134. The van der Waals surface area contributed by atoms with Crippen LogP contribution in [0.4, 0.5) is 4.79 Å². The number of alkyl carbamates (subject to hydrolysis) is 1. The summed E-state index contributed by atoms with van der Waals surface area (Å²) in [5.74, 6) is 0. The van der Waals surface area contributed by atoms with E-state index in [1.165, 1.54) is 6.42 Å². The summed E-state index contributed by atoms with van der Waals surface area (Å²) in [6, 6.07) is 0.380. The van der Waals surface area contributed by atoms with Crippen molar-refractivity contribution < 1.29 is 9.53 Å². The van der Waals surface area contributed by atoms with E-state index in [-0.39, 0.29) is 6.09 Å². The summed E-state index contributed by atoms with van der Waals surface area (Å²) in [5.41, 5.74) is 0. The molecule has 0 radical (unpaired) electrons. The van der Waals surface area contributed by atoms with Gasteiger partial charge >= 0.3 is 6.09 Å². The zero-order chi connectivity index (χ0) is 10.2. The van der Waals surface area contributed by atoms with E-state index in [1.54, 1.807) is 0 Å². The lowest BCUT2D eigenvalue weighted by Gasteiger charge is -2.25. The number of hydrogen-bond acceptors (Lipinski definition) is 2. The van der Waals surface area contributed by atoms with Crippen LogP contribution in [0.5, 0.6) is 0 Å². The third-order valence-corrected chi connectivity index (χ3v) is 3.00.